The first-order chi connectivity index (χ1) is 9.43. The smallest absolute Gasteiger partial charge is 0.332 e. The van der Waals surface area contributed by atoms with Crippen molar-refractivity contribution in [2.75, 3.05) is 0 Å². The van der Waals surface area contributed by atoms with E-state index in [9.17, 15) is 22.4 Å². The second-order valence-corrected chi connectivity index (χ2v) is 3.67. The second-order valence-electron chi connectivity index (χ2n) is 3.67. The average molecular weight is 291 g/mol. The van der Waals surface area contributed by atoms with Crippen LogP contribution in [0.1, 0.15) is 13.1 Å². The molecule has 2 aromatic rings. The maximum atomic E-state index is 13.1. The first-order valence-corrected chi connectivity index (χ1v) is 5.30. The van der Waals surface area contributed by atoms with E-state index in [-0.39, 0.29) is 20.2 Å². The molecule has 0 fully saturated rings. The van der Waals surface area contributed by atoms with Crippen LogP contribution in [0.5, 0.6) is 0 Å². The van der Waals surface area contributed by atoms with Crippen LogP contribution in [0, 0.1) is 0 Å². The normalized spacial score (nSPS) is 11.3. The highest BCUT2D eigenvalue weighted by Crippen LogP contribution is 2.22. The third-order valence-corrected chi connectivity index (χ3v) is 2.49. The number of fused-ring (bicyclic) bond motifs is 1. The fourth-order valence-electron chi connectivity index (χ4n) is 1.80. The lowest BCUT2D eigenvalue weighted by atomic mass is 10.3. The van der Waals surface area contributed by atoms with E-state index in [2.05, 4.69) is 5.10 Å². The predicted octanol–water partition coefficient (Wildman–Crippen LogP) is 1.72. The Bertz CT molecular complexity index is 657. The van der Waals surface area contributed by atoms with Gasteiger partial charge in [0.05, 0.1) is 11.0 Å². The molecule has 0 aliphatic rings. The van der Waals surface area contributed by atoms with E-state index in [0.717, 1.165) is 0 Å². The minimum absolute atomic E-state index is 0.146. The van der Waals surface area contributed by atoms with Gasteiger partial charge in [-0.05, 0) is 12.1 Å². The van der Waals surface area contributed by atoms with Crippen LogP contribution in [0.25, 0.3) is 11.0 Å². The summed E-state index contributed by atoms with van der Waals surface area (Å²) in [5, 5.41) is 3.23. The minimum atomic E-state index is -3.12. The van der Waals surface area contributed by atoms with Crippen LogP contribution < -0.4 is 16.8 Å². The molecule has 3 N–H and O–H groups in total. The SMILES string of the molecule is NC(=O)NN=c1n(C(F)F)c2ccccc2n1C(F)F. The van der Waals surface area contributed by atoms with Gasteiger partial charge in [0.1, 0.15) is 0 Å². The van der Waals surface area contributed by atoms with Crippen LogP contribution in [0.15, 0.2) is 29.4 Å². The third-order valence-electron chi connectivity index (χ3n) is 2.49. The Morgan fingerprint density at radius 3 is 1.90 bits per heavy atom. The molecule has 1 heterocycles. The maximum Gasteiger partial charge on any atom is 0.332 e. The van der Waals surface area contributed by atoms with Gasteiger partial charge < -0.3 is 5.73 Å². The summed E-state index contributed by atoms with van der Waals surface area (Å²) in [7, 11) is 0. The molecule has 2 amide bonds. The number of imidazole rings is 1. The summed E-state index contributed by atoms with van der Waals surface area (Å²) in [6.07, 6.45) is 0. The molecule has 0 spiro atoms. The molecule has 0 saturated heterocycles. The molecule has 6 nitrogen and oxygen atoms in total. The van der Waals surface area contributed by atoms with Crippen molar-refractivity contribution in [3.05, 3.63) is 29.9 Å². The number of benzene rings is 1. The van der Waals surface area contributed by atoms with Crippen LogP contribution >= 0.6 is 0 Å². The molecule has 0 bridgehead atoms. The van der Waals surface area contributed by atoms with Crippen molar-refractivity contribution >= 4 is 17.1 Å². The maximum absolute atomic E-state index is 13.1. The highest BCUT2D eigenvalue weighted by atomic mass is 19.3. The van der Waals surface area contributed by atoms with Crippen molar-refractivity contribution in [1.29, 1.82) is 0 Å². The number of rotatable bonds is 3. The summed E-state index contributed by atoms with van der Waals surface area (Å²) in [5.41, 5.74) is 5.32. The van der Waals surface area contributed by atoms with Crippen LogP contribution in [0.3, 0.4) is 0 Å². The van der Waals surface area contributed by atoms with Gasteiger partial charge in [0, 0.05) is 0 Å². The van der Waals surface area contributed by atoms with Gasteiger partial charge in [0.25, 0.3) is 0 Å². The van der Waals surface area contributed by atoms with Crippen LogP contribution in [-0.4, -0.2) is 15.2 Å². The molecule has 2 rings (SSSR count). The number of carbonyl (C=O) groups is 1. The van der Waals surface area contributed by atoms with E-state index in [1.807, 2.05) is 0 Å². The Morgan fingerprint density at radius 1 is 1.10 bits per heavy atom. The predicted molar refractivity (Wildman–Crippen MR) is 60.7 cm³/mol. The van der Waals surface area contributed by atoms with Gasteiger partial charge in [0.2, 0.25) is 5.62 Å². The average Bonchev–Trinajstić information content (AvgIpc) is 2.70. The number of urea groups is 1. The first kappa shape index (κ1) is 13.9. The van der Waals surface area contributed by atoms with E-state index in [1.165, 1.54) is 24.3 Å². The number of nitrogens with one attached hydrogen (secondary N) is 1. The van der Waals surface area contributed by atoms with Crippen LogP contribution in [-0.2, 0) is 0 Å². The Kier molecular flexibility index (Phi) is 3.63. The van der Waals surface area contributed by atoms with Crippen molar-refractivity contribution < 1.29 is 22.4 Å². The van der Waals surface area contributed by atoms with Gasteiger partial charge in [-0.3, -0.25) is 9.13 Å². The van der Waals surface area contributed by atoms with E-state index in [4.69, 9.17) is 5.73 Å². The van der Waals surface area contributed by atoms with Crippen molar-refractivity contribution in [2.24, 2.45) is 10.8 Å². The van der Waals surface area contributed by atoms with Crippen molar-refractivity contribution in [3.8, 4) is 0 Å². The molecule has 0 aliphatic carbocycles. The van der Waals surface area contributed by atoms with Crippen LogP contribution in [0.2, 0.25) is 0 Å². The largest absolute Gasteiger partial charge is 0.350 e. The van der Waals surface area contributed by atoms with Crippen molar-refractivity contribution in [1.82, 2.24) is 14.6 Å². The zero-order valence-electron chi connectivity index (χ0n) is 9.80. The number of nitrogens with zero attached hydrogens (tertiary/aromatic N) is 3. The third kappa shape index (κ3) is 2.31. The molecule has 0 aliphatic heterocycles. The number of aromatic nitrogens is 2. The van der Waals surface area contributed by atoms with E-state index in [0.29, 0.717) is 0 Å². The number of carbonyl (C=O) groups excluding carboxylic acids is 1. The lowest BCUT2D eigenvalue weighted by Gasteiger charge is -2.04. The zero-order valence-corrected chi connectivity index (χ0v) is 9.80. The second kappa shape index (κ2) is 5.23. The fraction of sp³-hybridized carbons (Fsp3) is 0.200. The number of primary amides is 1. The highest BCUT2D eigenvalue weighted by molar-refractivity contribution is 5.76. The quantitative estimate of drug-likeness (QED) is 0.655. The summed E-state index contributed by atoms with van der Waals surface area (Å²) < 4.78 is 52.8. The zero-order chi connectivity index (χ0) is 14.9. The number of amides is 2. The molecule has 1 aromatic heterocycles. The lowest BCUT2D eigenvalue weighted by Crippen LogP contribution is -2.34. The van der Waals surface area contributed by atoms with E-state index >= 15 is 0 Å². The van der Waals surface area contributed by atoms with Crippen LogP contribution in [0.4, 0.5) is 22.4 Å². The molecule has 0 radical (unpaired) electrons. The summed E-state index contributed by atoms with van der Waals surface area (Å²) >= 11 is 0. The minimum Gasteiger partial charge on any atom is -0.350 e. The van der Waals surface area contributed by atoms with E-state index in [1.54, 1.807) is 5.43 Å². The molecule has 108 valence electrons. The first-order valence-electron chi connectivity index (χ1n) is 5.30. The number of alkyl halides is 4. The molecular formula is C10H9F4N5O. The number of hydrogen-bond acceptors (Lipinski definition) is 2. The van der Waals surface area contributed by atoms with Gasteiger partial charge >= 0.3 is 19.1 Å². The Hall–Kier alpha value is -2.52. The van der Waals surface area contributed by atoms with Gasteiger partial charge in [0.15, 0.2) is 0 Å². The molecule has 0 unspecified atom stereocenters. The van der Waals surface area contributed by atoms with Gasteiger partial charge in [-0.15, -0.1) is 5.10 Å². The van der Waals surface area contributed by atoms with Crippen molar-refractivity contribution in [2.45, 2.75) is 13.1 Å². The molecular weight excluding hydrogens is 282 g/mol. The fourth-order valence-corrected chi connectivity index (χ4v) is 1.80. The van der Waals surface area contributed by atoms with Gasteiger partial charge in [-0.25, -0.2) is 10.2 Å². The summed E-state index contributed by atoms with van der Waals surface area (Å²) in [4.78, 5) is 10.6. The highest BCUT2D eigenvalue weighted by Gasteiger charge is 2.22. The molecule has 10 heteroatoms. The number of hydrogen-bond donors (Lipinski definition) is 2. The topological polar surface area (TPSA) is 77.3 Å². The Labute approximate surface area is 109 Å². The Morgan fingerprint density at radius 2 is 1.55 bits per heavy atom. The summed E-state index contributed by atoms with van der Waals surface area (Å²) in [6, 6.07) is 4.16. The standard InChI is InChI=1S/C10H9F4N5O/c11-7(12)18-5-3-1-2-4-6(5)19(8(13)14)10(18)17-16-9(15)20/h1-4,7-8H,(H3,15,16,20). The molecule has 0 saturated carbocycles. The Balaban J connectivity index is 2.87. The van der Waals surface area contributed by atoms with E-state index < -0.39 is 24.7 Å². The lowest BCUT2D eigenvalue weighted by molar-refractivity contribution is 0.0496. The number of nitrogens with two attached hydrogens (primary N) is 1. The monoisotopic (exact) mass is 291 g/mol. The molecule has 0 atom stereocenters. The number of para-hydroxylation sites is 2. The van der Waals surface area contributed by atoms with Crippen molar-refractivity contribution in [3.63, 3.8) is 0 Å². The summed E-state index contributed by atoms with van der Waals surface area (Å²) in [6.45, 7) is -6.23. The summed E-state index contributed by atoms with van der Waals surface area (Å²) in [5.74, 6) is 0. The van der Waals surface area contributed by atoms with Gasteiger partial charge in [-0.1, -0.05) is 12.1 Å². The van der Waals surface area contributed by atoms with Gasteiger partial charge in [-0.2, -0.15) is 17.6 Å². The number of halogens is 4. The molecule has 20 heavy (non-hydrogen) atoms. The molecule has 1 aromatic carbocycles.